The summed E-state index contributed by atoms with van der Waals surface area (Å²) in [6.07, 6.45) is 0. The van der Waals surface area contributed by atoms with Crippen molar-refractivity contribution < 1.29 is 4.74 Å². The van der Waals surface area contributed by atoms with Gasteiger partial charge < -0.3 is 10.5 Å². The largest absolute Gasteiger partial charge is 0.496 e. The molecule has 0 atom stereocenters. The molecule has 0 unspecified atom stereocenters. The van der Waals surface area contributed by atoms with Crippen molar-refractivity contribution in [3.63, 3.8) is 0 Å². The summed E-state index contributed by atoms with van der Waals surface area (Å²) in [5.74, 6) is 1.64. The summed E-state index contributed by atoms with van der Waals surface area (Å²) in [6, 6.07) is 7.90. The third-order valence-corrected chi connectivity index (χ3v) is 3.90. The highest BCUT2D eigenvalue weighted by atomic mass is 32.2. The molecular formula is C10H11N3OS2. The highest BCUT2D eigenvalue weighted by molar-refractivity contribution is 7.98. The highest BCUT2D eigenvalue weighted by Gasteiger charge is 2.05. The van der Waals surface area contributed by atoms with Gasteiger partial charge in [-0.25, -0.2) is 0 Å². The number of hydrogen-bond acceptors (Lipinski definition) is 6. The third kappa shape index (κ3) is 2.65. The molecule has 1 aromatic heterocycles. The first-order valence-electron chi connectivity index (χ1n) is 4.63. The van der Waals surface area contributed by atoms with Gasteiger partial charge in [0.1, 0.15) is 10.8 Å². The number of ether oxygens (including phenoxy) is 1. The molecule has 0 amide bonds. The summed E-state index contributed by atoms with van der Waals surface area (Å²) >= 11 is 3.08. The molecule has 2 N–H and O–H groups in total. The molecule has 4 nitrogen and oxygen atoms in total. The van der Waals surface area contributed by atoms with Gasteiger partial charge in [-0.3, -0.25) is 0 Å². The van der Waals surface area contributed by atoms with E-state index in [0.29, 0.717) is 5.13 Å². The van der Waals surface area contributed by atoms with E-state index in [-0.39, 0.29) is 0 Å². The Labute approximate surface area is 102 Å². The minimum Gasteiger partial charge on any atom is -0.496 e. The van der Waals surface area contributed by atoms with Crippen molar-refractivity contribution in [2.24, 2.45) is 0 Å². The van der Waals surface area contributed by atoms with Crippen molar-refractivity contribution in [1.29, 1.82) is 0 Å². The third-order valence-electron chi connectivity index (χ3n) is 1.90. The zero-order valence-corrected chi connectivity index (χ0v) is 10.3. The summed E-state index contributed by atoms with van der Waals surface area (Å²) in [6.45, 7) is 0. The molecule has 2 aromatic rings. The standard InChI is InChI=1S/C10H11N3OS2/c1-14-7-4-2-3-5-8(7)15-6-9-12-13-10(11)16-9/h2-5H,6H2,1H3,(H2,11,13). The van der Waals surface area contributed by atoms with Gasteiger partial charge in [0.05, 0.1) is 12.9 Å². The Morgan fingerprint density at radius 3 is 2.88 bits per heavy atom. The van der Waals surface area contributed by atoms with E-state index < -0.39 is 0 Å². The van der Waals surface area contributed by atoms with E-state index >= 15 is 0 Å². The van der Waals surface area contributed by atoms with Crippen molar-refractivity contribution in [2.45, 2.75) is 10.6 Å². The number of nitrogens with two attached hydrogens (primary N) is 1. The van der Waals surface area contributed by atoms with Crippen LogP contribution in [0.3, 0.4) is 0 Å². The number of benzene rings is 1. The van der Waals surface area contributed by atoms with Crippen molar-refractivity contribution in [2.75, 3.05) is 12.8 Å². The van der Waals surface area contributed by atoms with Crippen LogP contribution in [0.2, 0.25) is 0 Å². The van der Waals surface area contributed by atoms with Gasteiger partial charge in [0.15, 0.2) is 0 Å². The lowest BCUT2D eigenvalue weighted by molar-refractivity contribution is 0.405. The van der Waals surface area contributed by atoms with E-state index in [1.165, 1.54) is 11.3 Å². The van der Waals surface area contributed by atoms with E-state index in [1.54, 1.807) is 18.9 Å². The molecule has 0 saturated carbocycles. The van der Waals surface area contributed by atoms with Crippen LogP contribution < -0.4 is 10.5 Å². The van der Waals surface area contributed by atoms with Crippen LogP contribution in [0.25, 0.3) is 0 Å². The first-order valence-corrected chi connectivity index (χ1v) is 6.43. The number of thioether (sulfide) groups is 1. The Morgan fingerprint density at radius 1 is 1.38 bits per heavy atom. The van der Waals surface area contributed by atoms with Crippen LogP contribution in [0.15, 0.2) is 29.2 Å². The minimum absolute atomic E-state index is 0.510. The van der Waals surface area contributed by atoms with Gasteiger partial charge in [-0.05, 0) is 12.1 Å². The second-order valence-electron chi connectivity index (χ2n) is 2.97. The van der Waals surface area contributed by atoms with Gasteiger partial charge in [-0.2, -0.15) is 0 Å². The number of nitrogen functional groups attached to an aromatic ring is 1. The van der Waals surface area contributed by atoms with Crippen molar-refractivity contribution >= 4 is 28.2 Å². The number of rotatable bonds is 4. The summed E-state index contributed by atoms with van der Waals surface area (Å²) in [5.41, 5.74) is 5.51. The molecule has 16 heavy (non-hydrogen) atoms. The van der Waals surface area contributed by atoms with E-state index in [0.717, 1.165) is 21.4 Å². The zero-order valence-electron chi connectivity index (χ0n) is 8.71. The molecule has 0 radical (unpaired) electrons. The molecule has 0 aliphatic heterocycles. The number of para-hydroxylation sites is 1. The molecule has 0 fully saturated rings. The number of anilines is 1. The molecule has 2 rings (SSSR count). The monoisotopic (exact) mass is 253 g/mol. The Morgan fingerprint density at radius 2 is 2.19 bits per heavy atom. The maximum Gasteiger partial charge on any atom is 0.203 e. The summed E-state index contributed by atoms with van der Waals surface area (Å²) in [7, 11) is 1.67. The average Bonchev–Trinajstić information content (AvgIpc) is 2.73. The molecule has 1 aromatic carbocycles. The van der Waals surface area contributed by atoms with Crippen LogP contribution in [0.4, 0.5) is 5.13 Å². The fourth-order valence-electron chi connectivity index (χ4n) is 1.20. The molecule has 0 saturated heterocycles. The molecule has 1 heterocycles. The Balaban J connectivity index is 2.04. The molecule has 0 spiro atoms. The van der Waals surface area contributed by atoms with Gasteiger partial charge in [0.2, 0.25) is 5.13 Å². The normalized spacial score (nSPS) is 10.3. The second-order valence-corrected chi connectivity index (χ2v) is 5.08. The average molecular weight is 253 g/mol. The van der Waals surface area contributed by atoms with Crippen LogP contribution in [0.5, 0.6) is 5.75 Å². The Bertz CT molecular complexity index is 473. The molecule has 84 valence electrons. The molecule has 0 aliphatic rings. The lowest BCUT2D eigenvalue weighted by Gasteiger charge is -2.05. The van der Waals surface area contributed by atoms with Gasteiger partial charge in [-0.1, -0.05) is 23.5 Å². The van der Waals surface area contributed by atoms with Crippen LogP contribution in [0.1, 0.15) is 5.01 Å². The van der Waals surface area contributed by atoms with Crippen molar-refractivity contribution in [3.8, 4) is 5.75 Å². The van der Waals surface area contributed by atoms with Gasteiger partial charge in [0.25, 0.3) is 0 Å². The lowest BCUT2D eigenvalue weighted by Crippen LogP contribution is -1.86. The molecular weight excluding hydrogens is 242 g/mol. The smallest absolute Gasteiger partial charge is 0.203 e. The highest BCUT2D eigenvalue weighted by Crippen LogP contribution is 2.31. The zero-order chi connectivity index (χ0) is 11.4. The van der Waals surface area contributed by atoms with Crippen LogP contribution in [-0.2, 0) is 5.75 Å². The Kier molecular flexibility index (Phi) is 3.63. The lowest BCUT2D eigenvalue weighted by atomic mass is 10.3. The molecule has 0 aliphatic carbocycles. The summed E-state index contributed by atoms with van der Waals surface area (Å²) < 4.78 is 5.26. The molecule has 6 heteroatoms. The van der Waals surface area contributed by atoms with Crippen molar-refractivity contribution in [3.05, 3.63) is 29.3 Å². The SMILES string of the molecule is COc1ccccc1SCc1nnc(N)s1. The fraction of sp³-hybridized carbons (Fsp3) is 0.200. The first kappa shape index (κ1) is 11.2. The van der Waals surface area contributed by atoms with Crippen LogP contribution in [-0.4, -0.2) is 17.3 Å². The van der Waals surface area contributed by atoms with Gasteiger partial charge >= 0.3 is 0 Å². The van der Waals surface area contributed by atoms with E-state index in [4.69, 9.17) is 10.5 Å². The minimum atomic E-state index is 0.510. The number of hydrogen-bond donors (Lipinski definition) is 1. The Hall–Kier alpha value is -1.27. The van der Waals surface area contributed by atoms with Crippen molar-refractivity contribution in [1.82, 2.24) is 10.2 Å². The summed E-state index contributed by atoms with van der Waals surface area (Å²) in [5, 5.41) is 9.18. The number of aromatic nitrogens is 2. The van der Waals surface area contributed by atoms with E-state index in [1.807, 2.05) is 24.3 Å². The van der Waals surface area contributed by atoms with E-state index in [2.05, 4.69) is 10.2 Å². The quantitative estimate of drug-likeness (QED) is 0.848. The fourth-order valence-corrected chi connectivity index (χ4v) is 2.82. The molecule has 0 bridgehead atoms. The first-order chi connectivity index (χ1) is 7.79. The number of methoxy groups -OCH3 is 1. The maximum absolute atomic E-state index is 5.51. The summed E-state index contributed by atoms with van der Waals surface area (Å²) in [4.78, 5) is 1.10. The maximum atomic E-state index is 5.51. The predicted molar refractivity (Wildman–Crippen MR) is 66.9 cm³/mol. The van der Waals surface area contributed by atoms with Crippen LogP contribution in [0, 0.1) is 0 Å². The van der Waals surface area contributed by atoms with Crippen LogP contribution >= 0.6 is 23.1 Å². The van der Waals surface area contributed by atoms with Gasteiger partial charge in [0, 0.05) is 4.90 Å². The second kappa shape index (κ2) is 5.18. The van der Waals surface area contributed by atoms with E-state index in [9.17, 15) is 0 Å². The number of nitrogens with zero attached hydrogens (tertiary/aromatic N) is 2. The van der Waals surface area contributed by atoms with Gasteiger partial charge in [-0.15, -0.1) is 22.0 Å². The predicted octanol–water partition coefficient (Wildman–Crippen LogP) is 2.42. The topological polar surface area (TPSA) is 61.0 Å².